The number of aliphatic hydroxyl groups excluding tert-OH is 2. The molecule has 1 fully saturated rings. The Kier molecular flexibility index (Phi) is 5.29. The van der Waals surface area contributed by atoms with Crippen LogP contribution >= 0.6 is 0 Å². The standard InChI is InChI=1S/C22H27N7O2/c1-2-20(15-4-3-5-15)28-11-17(9-25-28)22-21-6-7-23-29(21)13-19(26-22)16-8-24-27(10-16)12-18(31)14-30/h6-11,13,15,18,20,30-31H,2-5,12,14H2,1H3/t18?,20-/m0/s1. The van der Waals surface area contributed by atoms with Crippen LogP contribution in [0.25, 0.3) is 28.0 Å². The number of fused-ring (bicyclic) bond motifs is 1. The molecule has 162 valence electrons. The van der Waals surface area contributed by atoms with Crippen molar-refractivity contribution in [3.8, 4) is 22.5 Å². The first-order chi connectivity index (χ1) is 15.2. The summed E-state index contributed by atoms with van der Waals surface area (Å²) < 4.78 is 5.53. The number of hydrogen-bond acceptors (Lipinski definition) is 6. The van der Waals surface area contributed by atoms with Gasteiger partial charge in [0.05, 0.1) is 67.0 Å². The normalized spacial score (nSPS) is 16.5. The highest BCUT2D eigenvalue weighted by atomic mass is 16.3. The molecule has 0 amide bonds. The first kappa shape index (κ1) is 19.9. The Bertz CT molecular complexity index is 1170. The summed E-state index contributed by atoms with van der Waals surface area (Å²) in [5, 5.41) is 32.1. The van der Waals surface area contributed by atoms with Crippen LogP contribution in [0.5, 0.6) is 0 Å². The Balaban J connectivity index is 1.51. The molecule has 5 rings (SSSR count). The van der Waals surface area contributed by atoms with Crippen LogP contribution < -0.4 is 0 Å². The van der Waals surface area contributed by atoms with Crippen molar-refractivity contribution in [3.05, 3.63) is 43.2 Å². The molecule has 2 N–H and O–H groups in total. The highest BCUT2D eigenvalue weighted by Crippen LogP contribution is 2.38. The van der Waals surface area contributed by atoms with Crippen molar-refractivity contribution in [1.29, 1.82) is 0 Å². The summed E-state index contributed by atoms with van der Waals surface area (Å²) in [4.78, 5) is 4.92. The molecular weight excluding hydrogens is 394 g/mol. The molecule has 0 bridgehead atoms. The third kappa shape index (κ3) is 3.75. The van der Waals surface area contributed by atoms with Crippen molar-refractivity contribution in [1.82, 2.24) is 34.2 Å². The van der Waals surface area contributed by atoms with Crippen LogP contribution in [0.15, 0.2) is 43.2 Å². The third-order valence-corrected chi connectivity index (χ3v) is 6.25. The fraction of sp³-hybridized carbons (Fsp3) is 0.455. The van der Waals surface area contributed by atoms with Gasteiger partial charge in [-0.25, -0.2) is 9.50 Å². The molecule has 1 aliphatic carbocycles. The lowest BCUT2D eigenvalue weighted by atomic mass is 9.79. The molecule has 1 saturated carbocycles. The van der Waals surface area contributed by atoms with E-state index in [1.807, 2.05) is 29.2 Å². The molecule has 1 aliphatic rings. The zero-order valence-corrected chi connectivity index (χ0v) is 17.5. The largest absolute Gasteiger partial charge is 0.394 e. The van der Waals surface area contributed by atoms with Crippen LogP contribution in [0.4, 0.5) is 0 Å². The van der Waals surface area contributed by atoms with E-state index < -0.39 is 6.10 Å². The maximum absolute atomic E-state index is 9.68. The Labute approximate surface area is 180 Å². The van der Waals surface area contributed by atoms with Crippen LogP contribution in [0, 0.1) is 5.92 Å². The summed E-state index contributed by atoms with van der Waals surface area (Å²) in [7, 11) is 0. The first-order valence-electron chi connectivity index (χ1n) is 10.9. The van der Waals surface area contributed by atoms with E-state index in [0.29, 0.717) is 12.0 Å². The maximum Gasteiger partial charge on any atom is 0.0999 e. The molecule has 0 aromatic carbocycles. The Hall–Kier alpha value is -3.04. The summed E-state index contributed by atoms with van der Waals surface area (Å²) in [6, 6.07) is 2.39. The number of nitrogens with zero attached hydrogens (tertiary/aromatic N) is 7. The molecule has 4 aromatic heterocycles. The van der Waals surface area contributed by atoms with E-state index in [-0.39, 0.29) is 13.2 Å². The second-order valence-electron chi connectivity index (χ2n) is 8.30. The van der Waals surface area contributed by atoms with E-state index in [0.717, 1.165) is 34.5 Å². The van der Waals surface area contributed by atoms with Gasteiger partial charge in [0, 0.05) is 23.5 Å². The zero-order valence-electron chi connectivity index (χ0n) is 17.5. The molecule has 9 nitrogen and oxygen atoms in total. The Morgan fingerprint density at radius 1 is 1.10 bits per heavy atom. The van der Waals surface area contributed by atoms with E-state index in [1.165, 1.54) is 19.3 Å². The second kappa shape index (κ2) is 8.24. The van der Waals surface area contributed by atoms with Crippen LogP contribution in [-0.4, -0.2) is 57.1 Å². The number of hydrogen-bond donors (Lipinski definition) is 2. The van der Waals surface area contributed by atoms with Gasteiger partial charge in [0.2, 0.25) is 0 Å². The molecule has 0 saturated heterocycles. The lowest BCUT2D eigenvalue weighted by Crippen LogP contribution is -2.25. The van der Waals surface area contributed by atoms with Crippen molar-refractivity contribution in [3.63, 3.8) is 0 Å². The molecule has 1 unspecified atom stereocenters. The minimum atomic E-state index is -0.849. The summed E-state index contributed by atoms with van der Waals surface area (Å²) in [6.07, 6.45) is 15.2. The molecule has 0 aliphatic heterocycles. The smallest absolute Gasteiger partial charge is 0.0999 e. The summed E-state index contributed by atoms with van der Waals surface area (Å²) >= 11 is 0. The highest BCUT2D eigenvalue weighted by molar-refractivity contribution is 5.78. The molecule has 0 radical (unpaired) electrons. The van der Waals surface area contributed by atoms with Crippen molar-refractivity contribution in [2.75, 3.05) is 6.61 Å². The monoisotopic (exact) mass is 421 g/mol. The minimum absolute atomic E-state index is 0.222. The summed E-state index contributed by atoms with van der Waals surface area (Å²) in [5.41, 5.74) is 4.26. The number of rotatable bonds is 8. The molecule has 31 heavy (non-hydrogen) atoms. The van der Waals surface area contributed by atoms with E-state index >= 15 is 0 Å². The van der Waals surface area contributed by atoms with Gasteiger partial charge < -0.3 is 10.2 Å². The lowest BCUT2D eigenvalue weighted by Gasteiger charge is -2.33. The van der Waals surface area contributed by atoms with Crippen LogP contribution in [0.3, 0.4) is 0 Å². The van der Waals surface area contributed by atoms with Gasteiger partial charge in [-0.3, -0.25) is 9.36 Å². The highest BCUT2D eigenvalue weighted by Gasteiger charge is 2.28. The molecule has 4 heterocycles. The summed E-state index contributed by atoms with van der Waals surface area (Å²) in [5.74, 6) is 0.715. The average molecular weight is 422 g/mol. The van der Waals surface area contributed by atoms with E-state index in [4.69, 9.17) is 10.1 Å². The first-order valence-corrected chi connectivity index (χ1v) is 10.9. The average Bonchev–Trinajstić information content (AvgIpc) is 3.49. The Morgan fingerprint density at radius 2 is 1.94 bits per heavy atom. The molecule has 9 heteroatoms. The van der Waals surface area contributed by atoms with Gasteiger partial charge in [-0.2, -0.15) is 15.3 Å². The molecular formula is C22H27N7O2. The maximum atomic E-state index is 9.68. The second-order valence-corrected chi connectivity index (χ2v) is 8.30. The minimum Gasteiger partial charge on any atom is -0.394 e. The van der Waals surface area contributed by atoms with Gasteiger partial charge in [-0.1, -0.05) is 13.3 Å². The number of aliphatic hydroxyl groups is 2. The van der Waals surface area contributed by atoms with Crippen molar-refractivity contribution in [2.45, 2.75) is 51.3 Å². The zero-order chi connectivity index (χ0) is 21.4. The fourth-order valence-electron chi connectivity index (χ4n) is 4.35. The Morgan fingerprint density at radius 3 is 2.68 bits per heavy atom. The van der Waals surface area contributed by atoms with E-state index in [2.05, 4.69) is 33.1 Å². The van der Waals surface area contributed by atoms with Crippen LogP contribution in [-0.2, 0) is 6.54 Å². The van der Waals surface area contributed by atoms with Gasteiger partial charge in [0.15, 0.2) is 0 Å². The van der Waals surface area contributed by atoms with E-state index in [1.54, 1.807) is 17.1 Å². The van der Waals surface area contributed by atoms with Crippen molar-refractivity contribution < 1.29 is 10.2 Å². The van der Waals surface area contributed by atoms with Gasteiger partial charge in [-0.05, 0) is 31.2 Å². The fourth-order valence-corrected chi connectivity index (χ4v) is 4.35. The van der Waals surface area contributed by atoms with Crippen LogP contribution in [0.2, 0.25) is 0 Å². The molecule has 2 atom stereocenters. The lowest BCUT2D eigenvalue weighted by molar-refractivity contribution is 0.0783. The molecule has 4 aromatic rings. The number of aromatic nitrogens is 7. The van der Waals surface area contributed by atoms with Gasteiger partial charge in [0.1, 0.15) is 0 Å². The predicted octanol–water partition coefficient (Wildman–Crippen LogP) is 2.56. The summed E-state index contributed by atoms with van der Waals surface area (Å²) in [6.45, 7) is 2.14. The third-order valence-electron chi connectivity index (χ3n) is 6.25. The van der Waals surface area contributed by atoms with Gasteiger partial charge in [0.25, 0.3) is 0 Å². The predicted molar refractivity (Wildman–Crippen MR) is 115 cm³/mol. The SMILES string of the molecule is CC[C@@H](C1CCC1)n1cc(-c2nc(-c3cnn(CC(O)CO)c3)cn3nccc23)cn1. The van der Waals surface area contributed by atoms with Gasteiger partial charge >= 0.3 is 0 Å². The quantitative estimate of drug-likeness (QED) is 0.453. The van der Waals surface area contributed by atoms with Crippen LogP contribution in [0.1, 0.15) is 38.6 Å². The van der Waals surface area contributed by atoms with Crippen molar-refractivity contribution in [2.24, 2.45) is 5.92 Å². The molecule has 0 spiro atoms. The van der Waals surface area contributed by atoms with Crippen molar-refractivity contribution >= 4 is 5.52 Å². The van der Waals surface area contributed by atoms with Gasteiger partial charge in [-0.15, -0.1) is 0 Å². The topological polar surface area (TPSA) is 106 Å². The van der Waals surface area contributed by atoms with E-state index in [9.17, 15) is 5.11 Å².